The zero-order valence-electron chi connectivity index (χ0n) is 12.5. The minimum atomic E-state index is 0.0297. The molecular weight excluding hydrogens is 268 g/mol. The van der Waals surface area contributed by atoms with Crippen LogP contribution in [0, 0.1) is 0 Å². The number of hydrogen-bond donors (Lipinski definition) is 1. The molecule has 0 saturated carbocycles. The van der Waals surface area contributed by atoms with Gasteiger partial charge in [-0.3, -0.25) is 4.90 Å². The summed E-state index contributed by atoms with van der Waals surface area (Å²) in [6, 6.07) is 11.3. The molecule has 2 atom stereocenters. The van der Waals surface area contributed by atoms with E-state index in [2.05, 4.69) is 54.4 Å². The summed E-state index contributed by atoms with van der Waals surface area (Å²) in [7, 11) is 0. The Morgan fingerprint density at radius 3 is 2.80 bits per heavy atom. The van der Waals surface area contributed by atoms with Crippen LogP contribution in [0.25, 0.3) is 0 Å². The van der Waals surface area contributed by atoms with E-state index in [-0.39, 0.29) is 5.54 Å². The molecule has 0 aliphatic carbocycles. The van der Waals surface area contributed by atoms with Crippen LogP contribution in [-0.2, 0) is 5.54 Å². The average molecular weight is 293 g/mol. The third-order valence-corrected chi connectivity index (χ3v) is 4.50. The van der Waals surface area contributed by atoms with Crippen LogP contribution in [0.15, 0.2) is 41.9 Å². The van der Waals surface area contributed by atoms with Crippen LogP contribution in [0.1, 0.15) is 32.3 Å². The fourth-order valence-electron chi connectivity index (χ4n) is 3.05. The van der Waals surface area contributed by atoms with Gasteiger partial charge in [0.15, 0.2) is 0 Å². The van der Waals surface area contributed by atoms with Gasteiger partial charge >= 0.3 is 0 Å². The number of benzene rings is 1. The van der Waals surface area contributed by atoms with E-state index in [4.69, 9.17) is 11.6 Å². The van der Waals surface area contributed by atoms with Crippen molar-refractivity contribution in [3.63, 3.8) is 0 Å². The molecule has 0 spiro atoms. The maximum atomic E-state index is 5.73. The lowest BCUT2D eigenvalue weighted by Gasteiger charge is -2.48. The van der Waals surface area contributed by atoms with Crippen molar-refractivity contribution in [1.82, 2.24) is 10.2 Å². The largest absolute Gasteiger partial charge is 0.311 e. The second kappa shape index (κ2) is 7.26. The molecule has 1 aliphatic rings. The number of rotatable bonds is 5. The molecule has 20 heavy (non-hydrogen) atoms. The first-order chi connectivity index (χ1) is 9.70. The van der Waals surface area contributed by atoms with Gasteiger partial charge in [0.05, 0.1) is 5.54 Å². The van der Waals surface area contributed by atoms with Crippen molar-refractivity contribution in [2.75, 3.05) is 19.6 Å². The van der Waals surface area contributed by atoms with E-state index < -0.39 is 0 Å². The summed E-state index contributed by atoms with van der Waals surface area (Å²) in [5.41, 5.74) is 3.02. The molecule has 1 N–H and O–H groups in total. The van der Waals surface area contributed by atoms with Crippen molar-refractivity contribution >= 4 is 11.6 Å². The van der Waals surface area contributed by atoms with Gasteiger partial charge in [-0.1, -0.05) is 61.4 Å². The Morgan fingerprint density at radius 2 is 2.15 bits per heavy atom. The van der Waals surface area contributed by atoms with Gasteiger partial charge in [0.2, 0.25) is 0 Å². The van der Waals surface area contributed by atoms with Gasteiger partial charge in [0.1, 0.15) is 0 Å². The number of nitrogens with one attached hydrogen (secondary N) is 1. The minimum absolute atomic E-state index is 0.0297. The van der Waals surface area contributed by atoms with E-state index in [1.165, 1.54) is 18.4 Å². The number of hydrogen-bond acceptors (Lipinski definition) is 2. The van der Waals surface area contributed by atoms with E-state index in [1.807, 2.05) is 6.08 Å². The molecule has 2 nitrogen and oxygen atoms in total. The minimum Gasteiger partial charge on any atom is -0.311 e. The van der Waals surface area contributed by atoms with Crippen molar-refractivity contribution in [3.05, 3.63) is 47.5 Å². The average Bonchev–Trinajstić information content (AvgIpc) is 2.49. The highest BCUT2D eigenvalue weighted by Crippen LogP contribution is 2.31. The summed E-state index contributed by atoms with van der Waals surface area (Å²) in [5, 5.41) is 3.72. The highest BCUT2D eigenvalue weighted by atomic mass is 35.5. The number of halogens is 1. The first-order valence-corrected chi connectivity index (χ1v) is 7.93. The second-order valence-electron chi connectivity index (χ2n) is 5.77. The molecule has 1 heterocycles. The molecule has 1 saturated heterocycles. The van der Waals surface area contributed by atoms with Crippen LogP contribution >= 0.6 is 11.6 Å². The highest BCUT2D eigenvalue weighted by Gasteiger charge is 2.38. The van der Waals surface area contributed by atoms with Crippen LogP contribution in [-0.4, -0.2) is 30.6 Å². The van der Waals surface area contributed by atoms with Gasteiger partial charge in [0.25, 0.3) is 0 Å². The Hall–Kier alpha value is -0.830. The molecule has 0 amide bonds. The van der Waals surface area contributed by atoms with Gasteiger partial charge in [-0.25, -0.2) is 0 Å². The Balaban J connectivity index is 2.21. The molecule has 1 aliphatic heterocycles. The molecule has 1 aromatic carbocycles. The van der Waals surface area contributed by atoms with Gasteiger partial charge < -0.3 is 5.32 Å². The maximum absolute atomic E-state index is 5.73. The normalized spacial score (nSPS) is 28.1. The summed E-state index contributed by atoms with van der Waals surface area (Å²) >= 11 is 5.73. The topological polar surface area (TPSA) is 15.3 Å². The van der Waals surface area contributed by atoms with Crippen LogP contribution in [0.5, 0.6) is 0 Å². The van der Waals surface area contributed by atoms with E-state index in [9.17, 15) is 0 Å². The standard InChI is InChI=1S/C17H25ClN2/c1-3-8-16-13-20(12-7-11-18)17(2,14-19-16)15-9-5-4-6-10-15/h4-7,9-11,16,19H,3,8,12-14H2,1-2H3/b11-7+. The van der Waals surface area contributed by atoms with E-state index in [0.29, 0.717) is 6.04 Å². The summed E-state index contributed by atoms with van der Waals surface area (Å²) < 4.78 is 0. The third-order valence-electron chi connectivity index (χ3n) is 4.32. The summed E-state index contributed by atoms with van der Waals surface area (Å²) in [4.78, 5) is 2.54. The van der Waals surface area contributed by atoms with Crippen molar-refractivity contribution in [3.8, 4) is 0 Å². The molecule has 3 heteroatoms. The van der Waals surface area contributed by atoms with Gasteiger partial charge in [-0.2, -0.15) is 0 Å². The van der Waals surface area contributed by atoms with Gasteiger partial charge in [-0.15, -0.1) is 0 Å². The smallest absolute Gasteiger partial charge is 0.0561 e. The predicted molar refractivity (Wildman–Crippen MR) is 87.1 cm³/mol. The van der Waals surface area contributed by atoms with Crippen LogP contribution in [0.2, 0.25) is 0 Å². The summed E-state index contributed by atoms with van der Waals surface area (Å²) in [5.74, 6) is 0. The Kier molecular flexibility index (Phi) is 5.64. The summed E-state index contributed by atoms with van der Waals surface area (Å²) in [6.07, 6.45) is 4.49. The highest BCUT2D eigenvalue weighted by molar-refractivity contribution is 6.25. The van der Waals surface area contributed by atoms with Crippen molar-refractivity contribution < 1.29 is 0 Å². The molecule has 2 rings (SSSR count). The van der Waals surface area contributed by atoms with Crippen molar-refractivity contribution in [2.24, 2.45) is 0 Å². The summed E-state index contributed by atoms with van der Waals surface area (Å²) in [6.45, 7) is 7.52. The maximum Gasteiger partial charge on any atom is 0.0561 e. The lowest BCUT2D eigenvalue weighted by Crippen LogP contribution is -2.61. The van der Waals surface area contributed by atoms with Gasteiger partial charge in [0, 0.05) is 31.2 Å². The molecule has 2 unspecified atom stereocenters. The van der Waals surface area contributed by atoms with Gasteiger partial charge in [-0.05, 0) is 18.9 Å². The third kappa shape index (κ3) is 3.43. The monoisotopic (exact) mass is 292 g/mol. The molecular formula is C17H25ClN2. The van der Waals surface area contributed by atoms with Crippen LogP contribution in [0.4, 0.5) is 0 Å². The van der Waals surface area contributed by atoms with E-state index in [0.717, 1.165) is 19.6 Å². The van der Waals surface area contributed by atoms with Crippen molar-refractivity contribution in [2.45, 2.75) is 38.3 Å². The zero-order chi connectivity index (χ0) is 14.4. The zero-order valence-corrected chi connectivity index (χ0v) is 13.2. The first kappa shape index (κ1) is 15.6. The second-order valence-corrected chi connectivity index (χ2v) is 6.03. The Bertz CT molecular complexity index is 432. The molecule has 0 bridgehead atoms. The number of nitrogens with zero attached hydrogens (tertiary/aromatic N) is 1. The molecule has 110 valence electrons. The lowest BCUT2D eigenvalue weighted by molar-refractivity contribution is 0.0593. The fraction of sp³-hybridized carbons (Fsp3) is 0.529. The Labute approximate surface area is 127 Å². The lowest BCUT2D eigenvalue weighted by atomic mass is 9.86. The van der Waals surface area contributed by atoms with Crippen molar-refractivity contribution in [1.29, 1.82) is 0 Å². The first-order valence-electron chi connectivity index (χ1n) is 7.50. The molecule has 1 aromatic rings. The molecule has 0 radical (unpaired) electrons. The van der Waals surface area contributed by atoms with E-state index >= 15 is 0 Å². The van der Waals surface area contributed by atoms with Crippen LogP contribution < -0.4 is 5.32 Å². The number of piperazine rings is 1. The fourth-order valence-corrected chi connectivity index (χ4v) is 3.13. The molecule has 1 fully saturated rings. The van der Waals surface area contributed by atoms with E-state index in [1.54, 1.807) is 5.54 Å². The van der Waals surface area contributed by atoms with Crippen LogP contribution in [0.3, 0.4) is 0 Å². The SMILES string of the molecule is CCCC1CN(C/C=C/Cl)C(C)(c2ccccc2)CN1. The Morgan fingerprint density at radius 1 is 1.40 bits per heavy atom. The predicted octanol–water partition coefficient (Wildman–Crippen LogP) is 3.73. The molecule has 0 aromatic heterocycles. The quantitative estimate of drug-likeness (QED) is 0.890.